The molecule has 0 saturated carbocycles. The van der Waals surface area contributed by atoms with E-state index in [4.69, 9.17) is 25.5 Å². The topological polar surface area (TPSA) is 92.8 Å². The monoisotopic (exact) mass is 291 g/mol. The van der Waals surface area contributed by atoms with E-state index in [0.29, 0.717) is 6.61 Å². The van der Waals surface area contributed by atoms with E-state index in [-0.39, 0.29) is 6.54 Å². The quantitative estimate of drug-likeness (QED) is 0.480. The molecule has 0 amide bonds. The summed E-state index contributed by atoms with van der Waals surface area (Å²) in [4.78, 5) is 9.00. The molecule has 0 heterocycles. The fraction of sp³-hybridized carbons (Fsp3) is 0.933. The molecule has 0 saturated heterocycles. The van der Waals surface area contributed by atoms with Gasteiger partial charge in [-0.15, -0.1) is 0 Å². The molecule has 5 nitrogen and oxygen atoms in total. The summed E-state index contributed by atoms with van der Waals surface area (Å²) in [5, 5.41) is 16.5. The Hall–Kier alpha value is -0.650. The Morgan fingerprint density at radius 1 is 1.10 bits per heavy atom. The van der Waals surface area contributed by atoms with Crippen LogP contribution in [0.25, 0.3) is 0 Å². The van der Waals surface area contributed by atoms with Gasteiger partial charge in [0.05, 0.1) is 12.7 Å². The molecular weight excluding hydrogens is 258 g/mol. The van der Waals surface area contributed by atoms with Gasteiger partial charge in [0, 0.05) is 20.1 Å². The van der Waals surface area contributed by atoms with Gasteiger partial charge in [0.2, 0.25) is 0 Å². The number of rotatable bonds is 12. The van der Waals surface area contributed by atoms with Crippen molar-refractivity contribution in [3.63, 3.8) is 0 Å². The van der Waals surface area contributed by atoms with Crippen molar-refractivity contribution in [2.24, 2.45) is 5.73 Å². The Morgan fingerprint density at radius 3 is 2.00 bits per heavy atom. The van der Waals surface area contributed by atoms with Crippen LogP contribution >= 0.6 is 0 Å². The second kappa shape index (κ2) is 18.4. The average Bonchev–Trinajstić information content (AvgIpc) is 2.40. The van der Waals surface area contributed by atoms with E-state index < -0.39 is 12.1 Å². The first-order chi connectivity index (χ1) is 9.54. The average molecular weight is 291 g/mol. The zero-order valence-electron chi connectivity index (χ0n) is 13.1. The van der Waals surface area contributed by atoms with Crippen LogP contribution in [-0.4, -0.2) is 42.0 Å². The van der Waals surface area contributed by atoms with E-state index in [9.17, 15) is 0 Å². The molecule has 0 aliphatic heterocycles. The van der Waals surface area contributed by atoms with E-state index >= 15 is 0 Å². The maximum atomic E-state index is 9.13. The molecule has 0 bridgehead atoms. The molecule has 0 radical (unpaired) electrons. The number of nitrogens with two attached hydrogens (primary N) is 1. The minimum atomic E-state index is -0.833. The molecule has 1 atom stereocenters. The molecule has 1 unspecified atom stereocenters. The Morgan fingerprint density at radius 2 is 1.55 bits per heavy atom. The highest BCUT2D eigenvalue weighted by molar-refractivity contribution is 5.62. The summed E-state index contributed by atoms with van der Waals surface area (Å²) in [7, 11) is 0. The second-order valence-corrected chi connectivity index (χ2v) is 4.96. The number of unbranched alkanes of at least 4 members (excludes halogenated alkanes) is 7. The van der Waals surface area contributed by atoms with Crippen molar-refractivity contribution < 1.29 is 19.7 Å². The Balaban J connectivity index is 0. The maximum Gasteiger partial charge on any atom is 0.300 e. The number of hydrogen-bond donors (Lipinski definition) is 3. The molecule has 0 spiro atoms. The lowest BCUT2D eigenvalue weighted by Crippen LogP contribution is -2.25. The molecule has 0 aliphatic carbocycles. The normalized spacial score (nSPS) is 11.6. The maximum absolute atomic E-state index is 9.13. The fourth-order valence-corrected chi connectivity index (χ4v) is 1.63. The minimum absolute atomic E-state index is 0.289. The predicted octanol–water partition coefficient (Wildman–Crippen LogP) is 2.55. The van der Waals surface area contributed by atoms with Gasteiger partial charge in [-0.2, -0.15) is 0 Å². The van der Waals surface area contributed by atoms with Crippen molar-refractivity contribution in [2.75, 3.05) is 19.8 Å². The predicted molar refractivity (Wildman–Crippen MR) is 81.8 cm³/mol. The van der Waals surface area contributed by atoms with Crippen molar-refractivity contribution in [1.29, 1.82) is 0 Å². The first-order valence-corrected chi connectivity index (χ1v) is 7.70. The van der Waals surface area contributed by atoms with Crippen LogP contribution < -0.4 is 5.73 Å². The van der Waals surface area contributed by atoms with E-state index in [1.54, 1.807) is 0 Å². The van der Waals surface area contributed by atoms with Crippen LogP contribution in [0.3, 0.4) is 0 Å². The highest BCUT2D eigenvalue weighted by Crippen LogP contribution is 2.08. The zero-order chi connectivity index (χ0) is 15.6. The Kier molecular flexibility index (Phi) is 19.9. The van der Waals surface area contributed by atoms with Gasteiger partial charge < -0.3 is 20.7 Å². The lowest BCUT2D eigenvalue weighted by molar-refractivity contribution is -0.134. The highest BCUT2D eigenvalue weighted by atomic mass is 16.5. The largest absolute Gasteiger partial charge is 0.481 e. The van der Waals surface area contributed by atoms with Crippen LogP contribution in [0.5, 0.6) is 0 Å². The molecule has 0 fully saturated rings. The van der Waals surface area contributed by atoms with Crippen molar-refractivity contribution in [1.82, 2.24) is 0 Å². The van der Waals surface area contributed by atoms with E-state index in [1.807, 2.05) is 0 Å². The number of aliphatic hydroxyl groups is 1. The first-order valence-electron chi connectivity index (χ1n) is 7.70. The summed E-state index contributed by atoms with van der Waals surface area (Å²) in [6, 6.07) is 0. The number of carboxylic acids is 1. The number of carbonyl (C=O) groups is 1. The van der Waals surface area contributed by atoms with Crippen LogP contribution in [-0.2, 0) is 9.53 Å². The lowest BCUT2D eigenvalue weighted by atomic mass is 10.1. The molecule has 5 heteroatoms. The SMILES string of the molecule is CC(=O)O.CCCCCCCCCCOCC(O)CN. The molecular formula is C15H33NO4. The van der Waals surface area contributed by atoms with Crippen LogP contribution in [0.2, 0.25) is 0 Å². The number of ether oxygens (including phenoxy) is 1. The van der Waals surface area contributed by atoms with Gasteiger partial charge in [-0.1, -0.05) is 51.9 Å². The van der Waals surface area contributed by atoms with Crippen LogP contribution in [0.1, 0.15) is 65.2 Å². The third-order valence-electron chi connectivity index (χ3n) is 2.72. The second-order valence-electron chi connectivity index (χ2n) is 4.96. The molecule has 0 aromatic rings. The highest BCUT2D eigenvalue weighted by Gasteiger charge is 1.99. The smallest absolute Gasteiger partial charge is 0.300 e. The molecule has 0 aromatic heterocycles. The third-order valence-corrected chi connectivity index (χ3v) is 2.72. The van der Waals surface area contributed by atoms with Gasteiger partial charge in [-0.05, 0) is 6.42 Å². The van der Waals surface area contributed by atoms with Crippen molar-refractivity contribution in [3.8, 4) is 0 Å². The van der Waals surface area contributed by atoms with Crippen LogP contribution in [0, 0.1) is 0 Å². The molecule has 0 rings (SSSR count). The summed E-state index contributed by atoms with van der Waals surface area (Å²) in [6.07, 6.45) is 9.97. The summed E-state index contributed by atoms with van der Waals surface area (Å²) >= 11 is 0. The van der Waals surface area contributed by atoms with Crippen molar-refractivity contribution in [3.05, 3.63) is 0 Å². The van der Waals surface area contributed by atoms with Gasteiger partial charge >= 0.3 is 0 Å². The van der Waals surface area contributed by atoms with E-state index in [2.05, 4.69) is 6.92 Å². The number of aliphatic carboxylic acids is 1. The molecule has 122 valence electrons. The molecule has 20 heavy (non-hydrogen) atoms. The summed E-state index contributed by atoms with van der Waals surface area (Å²) in [5.41, 5.74) is 5.26. The van der Waals surface area contributed by atoms with Gasteiger partial charge in [0.25, 0.3) is 5.97 Å². The number of hydrogen-bond acceptors (Lipinski definition) is 4. The zero-order valence-corrected chi connectivity index (χ0v) is 13.1. The summed E-state index contributed by atoms with van der Waals surface area (Å²) in [6.45, 7) is 4.75. The summed E-state index contributed by atoms with van der Waals surface area (Å²) in [5.74, 6) is -0.833. The van der Waals surface area contributed by atoms with Crippen LogP contribution in [0.4, 0.5) is 0 Å². The van der Waals surface area contributed by atoms with E-state index in [1.165, 1.54) is 44.9 Å². The summed E-state index contributed by atoms with van der Waals surface area (Å²) < 4.78 is 5.30. The van der Waals surface area contributed by atoms with Gasteiger partial charge in [0.1, 0.15) is 0 Å². The molecule has 4 N–H and O–H groups in total. The standard InChI is InChI=1S/C13H29NO2.C2H4O2/c1-2-3-4-5-6-7-8-9-10-16-12-13(15)11-14;1-2(3)4/h13,15H,2-12,14H2,1H3;1H3,(H,3,4). The Labute approximate surface area is 123 Å². The van der Waals surface area contributed by atoms with Crippen molar-refractivity contribution in [2.45, 2.75) is 71.3 Å². The molecule has 0 aliphatic rings. The number of carboxylic acid groups (broad SMARTS) is 1. The third kappa shape index (κ3) is 26.0. The van der Waals surface area contributed by atoms with Gasteiger partial charge in [0.15, 0.2) is 0 Å². The lowest BCUT2D eigenvalue weighted by Gasteiger charge is -2.08. The van der Waals surface area contributed by atoms with Crippen molar-refractivity contribution >= 4 is 5.97 Å². The first kappa shape index (κ1) is 21.6. The fourth-order valence-electron chi connectivity index (χ4n) is 1.63. The van der Waals surface area contributed by atoms with E-state index in [0.717, 1.165) is 20.0 Å². The number of aliphatic hydroxyl groups excluding tert-OH is 1. The van der Waals surface area contributed by atoms with Gasteiger partial charge in [-0.3, -0.25) is 4.79 Å². The minimum Gasteiger partial charge on any atom is -0.481 e. The molecule has 0 aromatic carbocycles. The van der Waals surface area contributed by atoms with Crippen LogP contribution in [0.15, 0.2) is 0 Å². The van der Waals surface area contributed by atoms with Gasteiger partial charge in [-0.25, -0.2) is 0 Å². The Bertz CT molecular complexity index is 196.